The molecule has 1 atom stereocenters. The second kappa shape index (κ2) is 7.98. The Labute approximate surface area is 103 Å². The van der Waals surface area contributed by atoms with Crippen molar-refractivity contribution < 1.29 is 14.4 Å². The second-order valence-corrected chi connectivity index (χ2v) is 4.03. The normalized spacial score (nSPS) is 19.1. The van der Waals surface area contributed by atoms with E-state index in [-0.39, 0.29) is 36.5 Å². The summed E-state index contributed by atoms with van der Waals surface area (Å²) >= 11 is 0. The highest BCUT2D eigenvalue weighted by Gasteiger charge is 2.37. The molecule has 1 fully saturated rings. The fourth-order valence-electron chi connectivity index (χ4n) is 1.83. The van der Waals surface area contributed by atoms with Crippen LogP contribution in [0.4, 0.5) is 0 Å². The Morgan fingerprint density at radius 3 is 2.41 bits per heavy atom. The van der Waals surface area contributed by atoms with E-state index in [4.69, 9.17) is 0 Å². The first kappa shape index (κ1) is 15.8. The number of carbonyl (C=O) groups is 3. The highest BCUT2D eigenvalue weighted by Crippen LogP contribution is 2.23. The van der Waals surface area contributed by atoms with Gasteiger partial charge < -0.3 is 0 Å². The van der Waals surface area contributed by atoms with E-state index < -0.39 is 0 Å². The molecule has 2 amide bonds. The Morgan fingerprint density at radius 1 is 1.35 bits per heavy atom. The van der Waals surface area contributed by atoms with Gasteiger partial charge >= 0.3 is 0 Å². The monoisotopic (exact) mass is 241 g/mol. The number of carbonyl (C=O) groups excluding carboxylic acids is 3. The summed E-state index contributed by atoms with van der Waals surface area (Å²) < 4.78 is 0. The number of nitrogens with zero attached hydrogens (tertiary/aromatic N) is 1. The van der Waals surface area contributed by atoms with Crippen LogP contribution in [0.1, 0.15) is 53.4 Å². The van der Waals surface area contributed by atoms with E-state index >= 15 is 0 Å². The van der Waals surface area contributed by atoms with Gasteiger partial charge in [-0.3, -0.25) is 19.3 Å². The van der Waals surface area contributed by atoms with Gasteiger partial charge in [0.1, 0.15) is 5.78 Å². The van der Waals surface area contributed by atoms with Crippen molar-refractivity contribution in [3.05, 3.63) is 0 Å². The molecule has 1 unspecified atom stereocenters. The number of amides is 2. The van der Waals surface area contributed by atoms with Gasteiger partial charge in [0, 0.05) is 25.3 Å². The van der Waals surface area contributed by atoms with Crippen LogP contribution >= 0.6 is 0 Å². The number of hydrogen-bond donors (Lipinski definition) is 0. The van der Waals surface area contributed by atoms with E-state index in [1.165, 1.54) is 11.8 Å². The third-order valence-corrected chi connectivity index (χ3v) is 2.66. The average molecular weight is 241 g/mol. The molecule has 0 aromatic heterocycles. The van der Waals surface area contributed by atoms with Crippen LogP contribution < -0.4 is 0 Å². The van der Waals surface area contributed by atoms with Crippen LogP contribution in [-0.2, 0) is 14.4 Å². The number of Topliss-reactive ketones (excluding diaryl/α,β-unsaturated/α-hetero) is 1. The van der Waals surface area contributed by atoms with Crippen molar-refractivity contribution in [3.8, 4) is 0 Å². The van der Waals surface area contributed by atoms with Crippen molar-refractivity contribution in [1.29, 1.82) is 0 Å². The molecule has 0 bridgehead atoms. The van der Waals surface area contributed by atoms with Gasteiger partial charge in [-0.2, -0.15) is 0 Å². The summed E-state index contributed by atoms with van der Waals surface area (Å²) in [6.07, 6.45) is 2.27. The highest BCUT2D eigenvalue weighted by molar-refractivity contribution is 6.03. The van der Waals surface area contributed by atoms with Gasteiger partial charge in [0.25, 0.3) is 0 Å². The van der Waals surface area contributed by atoms with E-state index in [0.717, 1.165) is 12.8 Å². The van der Waals surface area contributed by atoms with E-state index in [0.29, 0.717) is 6.42 Å². The van der Waals surface area contributed by atoms with Gasteiger partial charge in [-0.15, -0.1) is 0 Å². The minimum atomic E-state index is -0.144. The van der Waals surface area contributed by atoms with Gasteiger partial charge in [-0.05, 0) is 13.3 Å². The zero-order chi connectivity index (χ0) is 13.4. The van der Waals surface area contributed by atoms with Crippen LogP contribution in [0, 0.1) is 5.92 Å². The molecule has 0 N–H and O–H groups in total. The molecule has 1 saturated heterocycles. The lowest BCUT2D eigenvalue weighted by atomic mass is 10.0. The summed E-state index contributed by atoms with van der Waals surface area (Å²) in [5.74, 6) is -0.355. The van der Waals surface area contributed by atoms with Crippen molar-refractivity contribution in [2.75, 3.05) is 6.54 Å². The Bertz CT molecular complexity index is 286. The van der Waals surface area contributed by atoms with Crippen LogP contribution in [0.2, 0.25) is 0 Å². The number of hydrogen-bond acceptors (Lipinski definition) is 3. The Balaban J connectivity index is 0.00000121. The van der Waals surface area contributed by atoms with Crippen LogP contribution in [0.5, 0.6) is 0 Å². The predicted octanol–water partition coefficient (Wildman–Crippen LogP) is 2.17. The molecule has 0 spiro atoms. The summed E-state index contributed by atoms with van der Waals surface area (Å²) in [5, 5.41) is 0. The fourth-order valence-corrected chi connectivity index (χ4v) is 1.83. The molecule has 0 radical (unpaired) electrons. The van der Waals surface area contributed by atoms with Crippen molar-refractivity contribution in [1.82, 2.24) is 4.90 Å². The summed E-state index contributed by atoms with van der Waals surface area (Å²) in [7, 11) is 0. The quantitative estimate of drug-likeness (QED) is 0.693. The molecule has 0 saturated carbocycles. The molecule has 1 aliphatic heterocycles. The van der Waals surface area contributed by atoms with Gasteiger partial charge in [-0.25, -0.2) is 0 Å². The second-order valence-electron chi connectivity index (χ2n) is 4.03. The van der Waals surface area contributed by atoms with E-state index in [1.807, 2.05) is 20.8 Å². The molecule has 1 aliphatic rings. The maximum atomic E-state index is 11.7. The van der Waals surface area contributed by atoms with Crippen molar-refractivity contribution in [2.45, 2.75) is 53.4 Å². The first-order valence-corrected chi connectivity index (χ1v) is 6.40. The third kappa shape index (κ3) is 4.67. The zero-order valence-electron chi connectivity index (χ0n) is 11.3. The predicted molar refractivity (Wildman–Crippen MR) is 66.4 cm³/mol. The Morgan fingerprint density at radius 2 is 1.94 bits per heavy atom. The summed E-state index contributed by atoms with van der Waals surface area (Å²) in [4.78, 5) is 35.2. The van der Waals surface area contributed by atoms with Crippen LogP contribution in [0.15, 0.2) is 0 Å². The van der Waals surface area contributed by atoms with Gasteiger partial charge in [0.2, 0.25) is 11.8 Å². The van der Waals surface area contributed by atoms with Gasteiger partial charge in [0.05, 0.1) is 0 Å². The highest BCUT2D eigenvalue weighted by atomic mass is 16.2. The number of ketones is 1. The summed E-state index contributed by atoms with van der Waals surface area (Å²) in [6, 6.07) is 0. The number of likely N-dealkylation sites (tertiary alicyclic amines) is 1. The maximum absolute atomic E-state index is 11.7. The summed E-state index contributed by atoms with van der Waals surface area (Å²) in [6.45, 7) is 7.72. The molecule has 1 heterocycles. The van der Waals surface area contributed by atoms with Crippen molar-refractivity contribution in [2.24, 2.45) is 5.92 Å². The smallest absolute Gasteiger partial charge is 0.232 e. The van der Waals surface area contributed by atoms with Gasteiger partial charge in [0.15, 0.2) is 0 Å². The van der Waals surface area contributed by atoms with E-state index in [9.17, 15) is 14.4 Å². The molecule has 4 heteroatoms. The van der Waals surface area contributed by atoms with Gasteiger partial charge in [-0.1, -0.05) is 27.2 Å². The van der Waals surface area contributed by atoms with Crippen LogP contribution in [0.25, 0.3) is 0 Å². The number of imide groups is 1. The van der Waals surface area contributed by atoms with Crippen LogP contribution in [0.3, 0.4) is 0 Å². The van der Waals surface area contributed by atoms with Crippen LogP contribution in [-0.4, -0.2) is 29.0 Å². The SMILES string of the molecule is CC.CCCC1CC(=O)N(CCC(C)=O)C1=O. The fraction of sp³-hybridized carbons (Fsp3) is 0.769. The molecule has 1 rings (SSSR count). The lowest BCUT2D eigenvalue weighted by molar-refractivity contribution is -0.139. The standard InChI is InChI=1S/C11H17NO3.C2H6/c1-3-4-9-7-10(14)12(11(9)15)6-5-8(2)13;1-2/h9H,3-7H2,1-2H3;1-2H3. The maximum Gasteiger partial charge on any atom is 0.232 e. The zero-order valence-corrected chi connectivity index (χ0v) is 11.3. The van der Waals surface area contributed by atoms with Crippen molar-refractivity contribution in [3.63, 3.8) is 0 Å². The molecule has 17 heavy (non-hydrogen) atoms. The van der Waals surface area contributed by atoms with E-state index in [2.05, 4.69) is 0 Å². The molecule has 0 aliphatic carbocycles. The first-order valence-electron chi connectivity index (χ1n) is 6.40. The number of rotatable bonds is 5. The molecule has 0 aromatic rings. The van der Waals surface area contributed by atoms with Crippen molar-refractivity contribution >= 4 is 17.6 Å². The molecule has 0 aromatic carbocycles. The minimum Gasteiger partial charge on any atom is -0.300 e. The largest absolute Gasteiger partial charge is 0.300 e. The summed E-state index contributed by atoms with van der Waals surface area (Å²) in [5.41, 5.74) is 0. The molecular formula is C13H23NO3. The first-order chi connectivity index (χ1) is 8.06. The molecular weight excluding hydrogens is 218 g/mol. The van der Waals surface area contributed by atoms with E-state index in [1.54, 1.807) is 0 Å². The lowest BCUT2D eigenvalue weighted by Crippen LogP contribution is -2.32. The minimum absolute atomic E-state index is 0.00883. The lowest BCUT2D eigenvalue weighted by Gasteiger charge is -2.13. The molecule has 98 valence electrons. The third-order valence-electron chi connectivity index (χ3n) is 2.66. The topological polar surface area (TPSA) is 54.5 Å². The average Bonchev–Trinajstić information content (AvgIpc) is 2.55. The Hall–Kier alpha value is -1.19. The Kier molecular flexibility index (Phi) is 7.42. The molecule has 4 nitrogen and oxygen atoms in total.